The van der Waals surface area contributed by atoms with Crippen molar-refractivity contribution in [3.63, 3.8) is 0 Å². The molecule has 9 heteroatoms. The number of nitrogens with zero attached hydrogens (tertiary/aromatic N) is 3. The zero-order valence-electron chi connectivity index (χ0n) is 16.4. The highest BCUT2D eigenvalue weighted by atomic mass is 19.4. The van der Waals surface area contributed by atoms with Crippen molar-refractivity contribution in [3.05, 3.63) is 70.0 Å². The van der Waals surface area contributed by atoms with Crippen LogP contribution in [0, 0.1) is 11.3 Å². The largest absolute Gasteiger partial charge is 0.416 e. The van der Waals surface area contributed by atoms with E-state index in [1.807, 2.05) is 6.07 Å². The Bertz CT molecular complexity index is 1270. The summed E-state index contributed by atoms with van der Waals surface area (Å²) in [5, 5.41) is 13.1. The Morgan fingerprint density at radius 3 is 2.42 bits per heavy atom. The third kappa shape index (κ3) is 3.61. The average Bonchev–Trinajstić information content (AvgIpc) is 2.69. The number of amides is 1. The van der Waals surface area contributed by atoms with Gasteiger partial charge in [-0.1, -0.05) is 24.3 Å². The molecule has 0 saturated carbocycles. The molecule has 4 rings (SSSR count). The summed E-state index contributed by atoms with van der Waals surface area (Å²) in [4.78, 5) is 26.2. The second kappa shape index (κ2) is 7.47. The summed E-state index contributed by atoms with van der Waals surface area (Å²) in [6.07, 6.45) is -4.59. The summed E-state index contributed by atoms with van der Waals surface area (Å²) in [5.74, 6) is -0.0993. The minimum absolute atomic E-state index is 0.0373. The molecular formula is C22H17F3N4O2. The average molecular weight is 426 g/mol. The molecule has 6 nitrogen and oxygen atoms in total. The number of halogens is 3. The molecule has 0 atom stereocenters. The second-order valence-corrected chi connectivity index (χ2v) is 7.33. The molecule has 1 fully saturated rings. The molecule has 3 aromatic rings. The van der Waals surface area contributed by atoms with Crippen molar-refractivity contribution in [2.75, 3.05) is 18.4 Å². The van der Waals surface area contributed by atoms with Gasteiger partial charge in [-0.3, -0.25) is 14.2 Å². The van der Waals surface area contributed by atoms with E-state index in [0.29, 0.717) is 24.2 Å². The molecule has 158 valence electrons. The molecule has 0 unspecified atom stereocenters. The number of carbonyl (C=O) groups excluding carboxylic acids is 1. The van der Waals surface area contributed by atoms with Crippen molar-refractivity contribution in [1.29, 1.82) is 5.26 Å². The number of benzene rings is 2. The molecule has 0 radical (unpaired) electrons. The molecule has 1 amide bonds. The number of anilines is 1. The maximum absolute atomic E-state index is 13.4. The maximum Gasteiger partial charge on any atom is 0.416 e. The molecule has 1 aromatic heterocycles. The highest BCUT2D eigenvalue weighted by Crippen LogP contribution is 2.35. The fraction of sp³-hybridized carbons (Fsp3) is 0.227. The van der Waals surface area contributed by atoms with Crippen molar-refractivity contribution >= 4 is 22.5 Å². The van der Waals surface area contributed by atoms with Gasteiger partial charge in [0.25, 0.3) is 5.56 Å². The summed E-state index contributed by atoms with van der Waals surface area (Å²) < 4.78 is 41.3. The van der Waals surface area contributed by atoms with Gasteiger partial charge in [-0.2, -0.15) is 18.4 Å². The number of likely N-dealkylation sites (tertiary alicyclic amines) is 1. The first-order valence-corrected chi connectivity index (χ1v) is 9.48. The van der Waals surface area contributed by atoms with Crippen LogP contribution in [0.4, 0.5) is 18.9 Å². The lowest BCUT2D eigenvalue weighted by Gasteiger charge is -2.39. The number of nitrogens with one attached hydrogen (secondary N) is 1. The van der Waals surface area contributed by atoms with Gasteiger partial charge in [0.15, 0.2) is 0 Å². The van der Waals surface area contributed by atoms with Gasteiger partial charge < -0.3 is 10.2 Å². The van der Waals surface area contributed by atoms with Crippen LogP contribution in [0.3, 0.4) is 0 Å². The summed E-state index contributed by atoms with van der Waals surface area (Å²) in [7, 11) is 0. The van der Waals surface area contributed by atoms with Gasteiger partial charge in [0.05, 0.1) is 22.8 Å². The predicted octanol–water partition coefficient (Wildman–Crippen LogP) is 3.52. The van der Waals surface area contributed by atoms with Crippen LogP contribution in [0.15, 0.2) is 53.3 Å². The highest BCUT2D eigenvalue weighted by molar-refractivity contribution is 5.96. The quantitative estimate of drug-likeness (QED) is 0.695. The van der Waals surface area contributed by atoms with Crippen LogP contribution < -0.4 is 10.9 Å². The topological polar surface area (TPSA) is 78.1 Å². The zero-order chi connectivity index (χ0) is 22.3. The lowest BCUT2D eigenvalue weighted by atomic mass is 10.0. The van der Waals surface area contributed by atoms with Crippen LogP contribution in [-0.2, 0) is 11.0 Å². The van der Waals surface area contributed by atoms with Gasteiger partial charge in [0.1, 0.15) is 11.6 Å². The molecule has 1 N–H and O–H groups in total. The number of pyridine rings is 1. The summed E-state index contributed by atoms with van der Waals surface area (Å²) in [5.41, 5.74) is -1.24. The molecule has 0 aliphatic carbocycles. The van der Waals surface area contributed by atoms with Crippen molar-refractivity contribution in [2.24, 2.45) is 0 Å². The number of rotatable bonds is 3. The Balaban J connectivity index is 1.95. The van der Waals surface area contributed by atoms with Gasteiger partial charge in [-0.25, -0.2) is 0 Å². The van der Waals surface area contributed by atoms with E-state index in [0.717, 1.165) is 16.7 Å². The van der Waals surface area contributed by atoms with E-state index in [1.54, 1.807) is 35.2 Å². The standard InChI is InChI=1S/C22H17F3N4O2/c1-13(30)28-11-15(12-28)27-20-17-8-7-14(22(23,24)25)9-19(17)29(21(31)18(20)10-26)16-5-3-2-4-6-16/h2-9,15,27H,11-12H2,1H3. The monoisotopic (exact) mass is 426 g/mol. The minimum Gasteiger partial charge on any atom is -0.377 e. The molecule has 31 heavy (non-hydrogen) atoms. The van der Waals surface area contributed by atoms with E-state index >= 15 is 0 Å². The van der Waals surface area contributed by atoms with E-state index in [9.17, 15) is 28.0 Å². The maximum atomic E-state index is 13.4. The first-order chi connectivity index (χ1) is 14.7. The lowest BCUT2D eigenvalue weighted by molar-refractivity contribution is -0.137. The van der Waals surface area contributed by atoms with Crippen molar-refractivity contribution in [3.8, 4) is 11.8 Å². The molecule has 2 aromatic carbocycles. The van der Waals surface area contributed by atoms with Gasteiger partial charge in [0, 0.05) is 31.1 Å². The number of hydrogen-bond acceptors (Lipinski definition) is 4. The Hall–Kier alpha value is -3.80. The number of aromatic nitrogens is 1. The Kier molecular flexibility index (Phi) is 4.93. The smallest absolute Gasteiger partial charge is 0.377 e. The van der Waals surface area contributed by atoms with Crippen LogP contribution >= 0.6 is 0 Å². The van der Waals surface area contributed by atoms with Crippen LogP contribution in [0.25, 0.3) is 16.6 Å². The van der Waals surface area contributed by atoms with E-state index < -0.39 is 17.3 Å². The fourth-order valence-corrected chi connectivity index (χ4v) is 3.69. The number of nitriles is 1. The third-order valence-corrected chi connectivity index (χ3v) is 5.30. The zero-order valence-corrected chi connectivity index (χ0v) is 16.4. The molecule has 1 aliphatic heterocycles. The number of alkyl halides is 3. The van der Waals surface area contributed by atoms with Gasteiger partial charge >= 0.3 is 6.18 Å². The van der Waals surface area contributed by atoms with E-state index in [4.69, 9.17) is 0 Å². The lowest BCUT2D eigenvalue weighted by Crippen LogP contribution is -2.56. The van der Waals surface area contributed by atoms with E-state index in [2.05, 4.69) is 5.32 Å². The van der Waals surface area contributed by atoms with Crippen molar-refractivity contribution in [1.82, 2.24) is 9.47 Å². The second-order valence-electron chi connectivity index (χ2n) is 7.33. The summed E-state index contributed by atoms with van der Waals surface area (Å²) in [6.45, 7) is 2.19. The summed E-state index contributed by atoms with van der Waals surface area (Å²) in [6, 6.07) is 13.0. The first kappa shape index (κ1) is 20.5. The number of para-hydroxylation sites is 1. The molecule has 0 bridgehead atoms. The Labute approximate surface area is 175 Å². The Morgan fingerprint density at radius 2 is 1.84 bits per heavy atom. The predicted molar refractivity (Wildman–Crippen MR) is 109 cm³/mol. The van der Waals surface area contributed by atoms with Crippen LogP contribution in [0.1, 0.15) is 18.1 Å². The number of fused-ring (bicyclic) bond motifs is 1. The number of carbonyl (C=O) groups is 1. The molecule has 0 spiro atoms. The van der Waals surface area contributed by atoms with Crippen molar-refractivity contribution < 1.29 is 18.0 Å². The first-order valence-electron chi connectivity index (χ1n) is 9.48. The van der Waals surface area contributed by atoms with Gasteiger partial charge in [-0.15, -0.1) is 0 Å². The van der Waals surface area contributed by atoms with Gasteiger partial charge in [-0.05, 0) is 24.3 Å². The van der Waals surface area contributed by atoms with Crippen LogP contribution in [0.5, 0.6) is 0 Å². The van der Waals surface area contributed by atoms with Gasteiger partial charge in [0.2, 0.25) is 5.91 Å². The molecule has 1 aliphatic rings. The minimum atomic E-state index is -4.59. The molecular weight excluding hydrogens is 409 g/mol. The molecule has 1 saturated heterocycles. The highest BCUT2D eigenvalue weighted by Gasteiger charge is 2.33. The normalized spacial score (nSPS) is 14.2. The van der Waals surface area contributed by atoms with E-state index in [-0.39, 0.29) is 28.7 Å². The third-order valence-electron chi connectivity index (χ3n) is 5.30. The SMILES string of the molecule is CC(=O)N1CC(Nc2c(C#N)c(=O)n(-c3ccccc3)c3cc(C(F)(F)F)ccc23)C1. The van der Waals surface area contributed by atoms with E-state index in [1.165, 1.54) is 13.0 Å². The fourth-order valence-electron chi connectivity index (χ4n) is 3.69. The number of hydrogen-bond donors (Lipinski definition) is 1. The summed E-state index contributed by atoms with van der Waals surface area (Å²) >= 11 is 0. The Morgan fingerprint density at radius 1 is 1.16 bits per heavy atom. The van der Waals surface area contributed by atoms with Crippen molar-refractivity contribution in [2.45, 2.75) is 19.1 Å². The van der Waals surface area contributed by atoms with Crippen LogP contribution in [-0.4, -0.2) is 34.5 Å². The van der Waals surface area contributed by atoms with Crippen LogP contribution in [0.2, 0.25) is 0 Å². The molecule has 2 heterocycles.